The number of carboxylic acids is 1. The van der Waals surface area contributed by atoms with Gasteiger partial charge in [-0.2, -0.15) is 0 Å². The van der Waals surface area contributed by atoms with Crippen LogP contribution in [0.2, 0.25) is 5.02 Å². The average Bonchev–Trinajstić information content (AvgIpc) is 2.62. The largest absolute Gasteiger partial charge is 0.493 e. The molecule has 146 valence electrons. The summed E-state index contributed by atoms with van der Waals surface area (Å²) in [5, 5.41) is 12.7. The Kier molecular flexibility index (Phi) is 7.45. The standard InChI is InChI=1S/C20H23ClFNO4/c1-12(2)19(20(24)25)23-10-14-8-17(26-3)18(9-16(14)21)27-11-13-4-6-15(22)7-5-13/h4-9,12,19,23H,10-11H2,1-3H3,(H,24,25). The maximum Gasteiger partial charge on any atom is 0.320 e. The molecule has 1 atom stereocenters. The van der Waals surface area contributed by atoms with E-state index in [1.165, 1.54) is 19.2 Å². The summed E-state index contributed by atoms with van der Waals surface area (Å²) in [4.78, 5) is 11.3. The molecule has 2 aromatic carbocycles. The molecule has 0 aliphatic heterocycles. The van der Waals surface area contributed by atoms with Crippen molar-refractivity contribution < 1.29 is 23.8 Å². The van der Waals surface area contributed by atoms with Crippen molar-refractivity contribution in [2.24, 2.45) is 5.92 Å². The maximum absolute atomic E-state index is 13.0. The first-order valence-electron chi connectivity index (χ1n) is 8.51. The van der Waals surface area contributed by atoms with E-state index in [2.05, 4.69) is 5.32 Å². The Balaban J connectivity index is 2.11. The molecule has 0 radical (unpaired) electrons. The summed E-state index contributed by atoms with van der Waals surface area (Å²) in [5.41, 5.74) is 1.51. The molecule has 0 amide bonds. The fraction of sp³-hybridized carbons (Fsp3) is 0.350. The first-order chi connectivity index (χ1) is 12.8. The molecule has 7 heteroatoms. The molecule has 0 bridgehead atoms. The van der Waals surface area contributed by atoms with E-state index < -0.39 is 12.0 Å². The van der Waals surface area contributed by atoms with Crippen molar-refractivity contribution in [2.75, 3.05) is 7.11 Å². The Labute approximate surface area is 163 Å². The van der Waals surface area contributed by atoms with Crippen LogP contribution in [-0.4, -0.2) is 24.2 Å². The Morgan fingerprint density at radius 2 is 1.89 bits per heavy atom. The highest BCUT2D eigenvalue weighted by atomic mass is 35.5. The van der Waals surface area contributed by atoms with E-state index >= 15 is 0 Å². The summed E-state index contributed by atoms with van der Waals surface area (Å²) in [6.07, 6.45) is 0. The fourth-order valence-corrected chi connectivity index (χ4v) is 2.78. The average molecular weight is 396 g/mol. The Morgan fingerprint density at radius 3 is 2.44 bits per heavy atom. The van der Waals surface area contributed by atoms with Crippen LogP contribution < -0.4 is 14.8 Å². The molecule has 2 aromatic rings. The van der Waals surface area contributed by atoms with Crippen LogP contribution in [0.4, 0.5) is 4.39 Å². The Morgan fingerprint density at radius 1 is 1.22 bits per heavy atom. The lowest BCUT2D eigenvalue weighted by Crippen LogP contribution is -2.40. The molecule has 0 aromatic heterocycles. The molecule has 2 N–H and O–H groups in total. The van der Waals surface area contributed by atoms with E-state index in [9.17, 15) is 14.3 Å². The first-order valence-corrected chi connectivity index (χ1v) is 8.89. The highest BCUT2D eigenvalue weighted by Crippen LogP contribution is 2.34. The lowest BCUT2D eigenvalue weighted by atomic mass is 10.0. The van der Waals surface area contributed by atoms with Gasteiger partial charge in [-0.25, -0.2) is 4.39 Å². The van der Waals surface area contributed by atoms with Crippen LogP contribution in [0, 0.1) is 11.7 Å². The van der Waals surface area contributed by atoms with Crippen molar-refractivity contribution in [1.82, 2.24) is 5.32 Å². The molecule has 0 aliphatic carbocycles. The minimum atomic E-state index is -0.910. The van der Waals surface area contributed by atoms with Crippen LogP contribution in [-0.2, 0) is 17.9 Å². The second kappa shape index (κ2) is 9.58. The second-order valence-electron chi connectivity index (χ2n) is 6.45. The maximum atomic E-state index is 13.0. The molecule has 0 saturated heterocycles. The van der Waals surface area contributed by atoms with Crippen molar-refractivity contribution in [2.45, 2.75) is 33.0 Å². The number of hydrogen-bond donors (Lipinski definition) is 2. The summed E-state index contributed by atoms with van der Waals surface area (Å²) in [6, 6.07) is 8.68. The molecule has 0 aliphatic rings. The van der Waals surface area contributed by atoms with Crippen LogP contribution in [0.25, 0.3) is 0 Å². The zero-order valence-electron chi connectivity index (χ0n) is 15.5. The third-order valence-corrected chi connectivity index (χ3v) is 4.44. The van der Waals surface area contributed by atoms with E-state index in [0.29, 0.717) is 22.1 Å². The van der Waals surface area contributed by atoms with E-state index in [0.717, 1.165) is 5.56 Å². The monoisotopic (exact) mass is 395 g/mol. The summed E-state index contributed by atoms with van der Waals surface area (Å²) in [6.45, 7) is 4.18. The number of benzene rings is 2. The van der Waals surface area contributed by atoms with Gasteiger partial charge in [-0.1, -0.05) is 37.6 Å². The zero-order chi connectivity index (χ0) is 20.0. The summed E-state index contributed by atoms with van der Waals surface area (Å²) in [5.74, 6) is -0.352. The van der Waals surface area contributed by atoms with Gasteiger partial charge in [0.25, 0.3) is 0 Å². The molecular formula is C20H23ClFNO4. The lowest BCUT2D eigenvalue weighted by molar-refractivity contribution is -0.140. The number of ether oxygens (including phenoxy) is 2. The van der Waals surface area contributed by atoms with Crippen LogP contribution in [0.15, 0.2) is 36.4 Å². The van der Waals surface area contributed by atoms with Gasteiger partial charge in [-0.05, 0) is 35.2 Å². The van der Waals surface area contributed by atoms with Crippen molar-refractivity contribution in [3.05, 3.63) is 58.4 Å². The van der Waals surface area contributed by atoms with Crippen LogP contribution in [0.3, 0.4) is 0 Å². The van der Waals surface area contributed by atoms with Crippen LogP contribution >= 0.6 is 11.6 Å². The van der Waals surface area contributed by atoms with E-state index in [-0.39, 0.29) is 24.9 Å². The molecule has 0 fully saturated rings. The van der Waals surface area contributed by atoms with E-state index in [4.69, 9.17) is 21.1 Å². The van der Waals surface area contributed by atoms with Gasteiger partial charge in [0.05, 0.1) is 7.11 Å². The second-order valence-corrected chi connectivity index (χ2v) is 6.86. The normalized spacial score (nSPS) is 12.1. The minimum absolute atomic E-state index is 0.0681. The molecule has 0 heterocycles. The fourth-order valence-electron chi connectivity index (χ4n) is 2.55. The zero-order valence-corrected chi connectivity index (χ0v) is 16.2. The molecule has 2 rings (SSSR count). The third-order valence-electron chi connectivity index (χ3n) is 4.09. The van der Waals surface area contributed by atoms with Gasteiger partial charge in [0, 0.05) is 17.6 Å². The van der Waals surface area contributed by atoms with Gasteiger partial charge in [-0.3, -0.25) is 4.79 Å². The topological polar surface area (TPSA) is 67.8 Å². The number of hydrogen-bond acceptors (Lipinski definition) is 4. The van der Waals surface area contributed by atoms with Gasteiger partial charge >= 0.3 is 5.97 Å². The Hall–Kier alpha value is -2.31. The molecule has 1 unspecified atom stereocenters. The summed E-state index contributed by atoms with van der Waals surface area (Å²) < 4.78 is 24.1. The SMILES string of the molecule is COc1cc(CNC(C(=O)O)C(C)C)c(Cl)cc1OCc1ccc(F)cc1. The van der Waals surface area contributed by atoms with Crippen molar-refractivity contribution in [3.63, 3.8) is 0 Å². The van der Waals surface area contributed by atoms with Gasteiger partial charge in [0.1, 0.15) is 18.5 Å². The van der Waals surface area contributed by atoms with Gasteiger partial charge < -0.3 is 19.9 Å². The van der Waals surface area contributed by atoms with Gasteiger partial charge in [0.2, 0.25) is 0 Å². The highest BCUT2D eigenvalue weighted by Gasteiger charge is 2.21. The molecule has 0 saturated carbocycles. The first kappa shape index (κ1) is 21.0. The number of nitrogens with one attached hydrogen (secondary N) is 1. The number of carbonyl (C=O) groups is 1. The number of rotatable bonds is 9. The van der Waals surface area contributed by atoms with E-state index in [1.807, 2.05) is 13.8 Å². The molecular weight excluding hydrogens is 373 g/mol. The van der Waals surface area contributed by atoms with E-state index in [1.54, 1.807) is 24.3 Å². The van der Waals surface area contributed by atoms with Crippen LogP contribution in [0.1, 0.15) is 25.0 Å². The number of halogens is 2. The predicted octanol–water partition coefficient (Wildman–Crippen LogP) is 4.27. The summed E-state index contributed by atoms with van der Waals surface area (Å²) >= 11 is 6.33. The Bertz CT molecular complexity index is 780. The van der Waals surface area contributed by atoms with Crippen molar-refractivity contribution >= 4 is 17.6 Å². The molecule has 0 spiro atoms. The third kappa shape index (κ3) is 5.84. The van der Waals surface area contributed by atoms with Gasteiger partial charge in [-0.15, -0.1) is 0 Å². The number of methoxy groups -OCH3 is 1. The van der Waals surface area contributed by atoms with Crippen molar-refractivity contribution in [1.29, 1.82) is 0 Å². The number of aliphatic carboxylic acids is 1. The predicted molar refractivity (Wildman–Crippen MR) is 102 cm³/mol. The minimum Gasteiger partial charge on any atom is -0.493 e. The molecule has 5 nitrogen and oxygen atoms in total. The smallest absolute Gasteiger partial charge is 0.320 e. The lowest BCUT2D eigenvalue weighted by Gasteiger charge is -2.19. The van der Waals surface area contributed by atoms with Gasteiger partial charge in [0.15, 0.2) is 11.5 Å². The quantitative estimate of drug-likeness (QED) is 0.663. The van der Waals surface area contributed by atoms with Crippen LogP contribution in [0.5, 0.6) is 11.5 Å². The molecule has 27 heavy (non-hydrogen) atoms. The summed E-state index contributed by atoms with van der Waals surface area (Å²) in [7, 11) is 1.51. The van der Waals surface area contributed by atoms with Crippen molar-refractivity contribution in [3.8, 4) is 11.5 Å². The highest BCUT2D eigenvalue weighted by molar-refractivity contribution is 6.31. The number of carboxylic acid groups (broad SMARTS) is 1.